The molecule has 1 aromatic carbocycles. The number of anilines is 1. The van der Waals surface area contributed by atoms with Crippen molar-refractivity contribution in [2.75, 3.05) is 25.5 Å². The molecule has 1 fully saturated rings. The van der Waals surface area contributed by atoms with Crippen LogP contribution in [0.25, 0.3) is 0 Å². The Balaban J connectivity index is 1.59. The lowest BCUT2D eigenvalue weighted by Gasteiger charge is -2.30. The molecule has 0 aliphatic carbocycles. The Hall–Kier alpha value is -2.52. The van der Waals surface area contributed by atoms with E-state index >= 15 is 0 Å². The number of piperidine rings is 1. The molecule has 1 aliphatic rings. The highest BCUT2D eigenvalue weighted by molar-refractivity contribution is 7.89. The first kappa shape index (κ1) is 19.2. The third-order valence-corrected chi connectivity index (χ3v) is 6.40. The summed E-state index contributed by atoms with van der Waals surface area (Å²) in [5.41, 5.74) is 0.558. The summed E-state index contributed by atoms with van der Waals surface area (Å²) in [6, 6.07) is 8.08. The van der Waals surface area contributed by atoms with Gasteiger partial charge in [-0.25, -0.2) is 17.8 Å². The highest BCUT2D eigenvalue weighted by atomic mass is 32.2. The van der Waals surface area contributed by atoms with Crippen LogP contribution in [0.15, 0.2) is 47.5 Å². The van der Waals surface area contributed by atoms with Crippen LogP contribution in [0.5, 0.6) is 5.88 Å². The number of hydrogen-bond acceptors (Lipinski definition) is 5. The molecule has 9 heteroatoms. The van der Waals surface area contributed by atoms with E-state index in [1.807, 2.05) is 0 Å². The largest absolute Gasteiger partial charge is 0.481 e. The number of halogens is 1. The number of methoxy groups -OCH3 is 1. The fourth-order valence-electron chi connectivity index (χ4n) is 2.93. The van der Waals surface area contributed by atoms with Gasteiger partial charge in [0.15, 0.2) is 0 Å². The van der Waals surface area contributed by atoms with Crippen molar-refractivity contribution >= 4 is 21.6 Å². The van der Waals surface area contributed by atoms with Gasteiger partial charge in [-0.15, -0.1) is 0 Å². The maximum Gasteiger partial charge on any atom is 0.243 e. The minimum atomic E-state index is -3.68. The zero-order valence-corrected chi connectivity index (χ0v) is 15.6. The van der Waals surface area contributed by atoms with Gasteiger partial charge in [-0.3, -0.25) is 4.79 Å². The van der Waals surface area contributed by atoms with Crippen molar-refractivity contribution < 1.29 is 22.3 Å². The van der Waals surface area contributed by atoms with Crippen molar-refractivity contribution in [3.8, 4) is 5.88 Å². The number of pyridine rings is 1. The number of ether oxygens (including phenoxy) is 1. The Bertz CT molecular complexity index is 893. The topological polar surface area (TPSA) is 88.6 Å². The lowest BCUT2D eigenvalue weighted by Crippen LogP contribution is -2.41. The summed E-state index contributed by atoms with van der Waals surface area (Å²) < 4.78 is 44.5. The van der Waals surface area contributed by atoms with E-state index in [1.165, 1.54) is 29.7 Å². The highest BCUT2D eigenvalue weighted by Crippen LogP contribution is 2.25. The first-order valence-electron chi connectivity index (χ1n) is 8.47. The highest BCUT2D eigenvalue weighted by Gasteiger charge is 2.32. The van der Waals surface area contributed by atoms with E-state index in [1.54, 1.807) is 12.1 Å². The second-order valence-electron chi connectivity index (χ2n) is 6.21. The Kier molecular flexibility index (Phi) is 5.71. The Morgan fingerprint density at radius 1 is 1.19 bits per heavy atom. The van der Waals surface area contributed by atoms with Gasteiger partial charge in [0.25, 0.3) is 0 Å². The van der Waals surface area contributed by atoms with Crippen LogP contribution in [-0.4, -0.2) is 43.8 Å². The third-order valence-electron chi connectivity index (χ3n) is 4.49. The van der Waals surface area contributed by atoms with Crippen LogP contribution in [0.3, 0.4) is 0 Å². The van der Waals surface area contributed by atoms with Gasteiger partial charge in [0.2, 0.25) is 21.8 Å². The van der Waals surface area contributed by atoms with Crippen LogP contribution in [0.2, 0.25) is 0 Å². The molecule has 0 radical (unpaired) electrons. The predicted molar refractivity (Wildman–Crippen MR) is 97.3 cm³/mol. The van der Waals surface area contributed by atoms with Crippen LogP contribution in [0, 0.1) is 11.7 Å². The summed E-state index contributed by atoms with van der Waals surface area (Å²) in [6.45, 7) is 0.470. The van der Waals surface area contributed by atoms with Crippen LogP contribution >= 0.6 is 0 Å². The van der Waals surface area contributed by atoms with Gasteiger partial charge in [0.1, 0.15) is 5.82 Å². The van der Waals surface area contributed by atoms with E-state index in [2.05, 4.69) is 10.3 Å². The average molecular weight is 393 g/mol. The number of aromatic nitrogens is 1. The molecule has 1 amide bonds. The second-order valence-corrected chi connectivity index (χ2v) is 8.15. The van der Waals surface area contributed by atoms with Gasteiger partial charge in [0.05, 0.1) is 23.9 Å². The van der Waals surface area contributed by atoms with Crippen LogP contribution < -0.4 is 10.1 Å². The lowest BCUT2D eigenvalue weighted by atomic mass is 9.97. The van der Waals surface area contributed by atoms with Gasteiger partial charge >= 0.3 is 0 Å². The molecule has 0 saturated carbocycles. The fourth-order valence-corrected chi connectivity index (χ4v) is 4.40. The van der Waals surface area contributed by atoms with Crippen molar-refractivity contribution in [3.63, 3.8) is 0 Å². The monoisotopic (exact) mass is 393 g/mol. The number of carbonyl (C=O) groups is 1. The number of benzene rings is 1. The molecule has 0 unspecified atom stereocenters. The van der Waals surface area contributed by atoms with E-state index in [9.17, 15) is 17.6 Å². The second kappa shape index (κ2) is 8.01. The summed E-state index contributed by atoms with van der Waals surface area (Å²) in [5.74, 6) is -0.489. The molecule has 0 spiro atoms. The zero-order valence-electron chi connectivity index (χ0n) is 14.8. The number of carbonyl (C=O) groups excluding carboxylic acids is 1. The number of rotatable bonds is 5. The van der Waals surface area contributed by atoms with Crippen LogP contribution in [0.1, 0.15) is 12.8 Å². The molecule has 7 nitrogen and oxygen atoms in total. The smallest absolute Gasteiger partial charge is 0.243 e. The molecule has 1 N–H and O–H groups in total. The number of nitrogens with zero attached hydrogens (tertiary/aromatic N) is 2. The van der Waals surface area contributed by atoms with Gasteiger partial charge in [-0.05, 0) is 43.2 Å². The van der Waals surface area contributed by atoms with Gasteiger partial charge in [-0.2, -0.15) is 4.31 Å². The van der Waals surface area contributed by atoms with E-state index in [0.29, 0.717) is 24.4 Å². The maximum absolute atomic E-state index is 13.0. The average Bonchev–Trinajstić information content (AvgIpc) is 2.69. The van der Waals surface area contributed by atoms with Gasteiger partial charge in [-0.1, -0.05) is 0 Å². The van der Waals surface area contributed by atoms with Gasteiger partial charge < -0.3 is 10.1 Å². The fraction of sp³-hybridized carbons (Fsp3) is 0.333. The minimum absolute atomic E-state index is 0.0520. The summed E-state index contributed by atoms with van der Waals surface area (Å²) in [4.78, 5) is 16.5. The molecule has 2 heterocycles. The van der Waals surface area contributed by atoms with Crippen molar-refractivity contribution in [1.29, 1.82) is 0 Å². The van der Waals surface area contributed by atoms with E-state index < -0.39 is 15.8 Å². The van der Waals surface area contributed by atoms with Gasteiger partial charge in [0, 0.05) is 25.1 Å². The van der Waals surface area contributed by atoms with E-state index in [4.69, 9.17) is 4.74 Å². The van der Waals surface area contributed by atoms with Crippen LogP contribution in [0.4, 0.5) is 10.1 Å². The van der Waals surface area contributed by atoms with E-state index in [-0.39, 0.29) is 29.8 Å². The molecule has 27 heavy (non-hydrogen) atoms. The molecule has 2 aromatic rings. The van der Waals surface area contributed by atoms with Crippen molar-refractivity contribution in [2.24, 2.45) is 5.92 Å². The molecule has 144 valence electrons. The van der Waals surface area contributed by atoms with Crippen molar-refractivity contribution in [2.45, 2.75) is 17.7 Å². The lowest BCUT2D eigenvalue weighted by molar-refractivity contribution is -0.120. The van der Waals surface area contributed by atoms with Crippen molar-refractivity contribution in [1.82, 2.24) is 9.29 Å². The summed E-state index contributed by atoms with van der Waals surface area (Å²) in [7, 11) is -2.18. The zero-order chi connectivity index (χ0) is 19.4. The summed E-state index contributed by atoms with van der Waals surface area (Å²) >= 11 is 0. The normalized spacial score (nSPS) is 16.1. The SMILES string of the molecule is COc1ccc(NC(=O)C2CCN(S(=O)(=O)c3ccc(F)cc3)CC2)cn1. The minimum Gasteiger partial charge on any atom is -0.481 e. The first-order chi connectivity index (χ1) is 12.9. The molecular weight excluding hydrogens is 373 g/mol. The maximum atomic E-state index is 13.0. The molecule has 1 aliphatic heterocycles. The Labute approximate surface area is 157 Å². The molecule has 3 rings (SSSR count). The molecule has 0 bridgehead atoms. The molecule has 0 atom stereocenters. The van der Waals surface area contributed by atoms with Crippen molar-refractivity contribution in [3.05, 3.63) is 48.4 Å². The number of nitrogens with one attached hydrogen (secondary N) is 1. The molecular formula is C18H20FN3O4S. The summed E-state index contributed by atoms with van der Waals surface area (Å²) in [5, 5.41) is 2.79. The van der Waals surface area contributed by atoms with Crippen LogP contribution in [-0.2, 0) is 14.8 Å². The predicted octanol–water partition coefficient (Wildman–Crippen LogP) is 2.27. The van der Waals surface area contributed by atoms with E-state index in [0.717, 1.165) is 12.1 Å². The summed E-state index contributed by atoms with van der Waals surface area (Å²) in [6.07, 6.45) is 2.33. The Morgan fingerprint density at radius 2 is 1.85 bits per heavy atom. The molecule has 1 saturated heterocycles. The number of amides is 1. The number of sulfonamides is 1. The quantitative estimate of drug-likeness (QED) is 0.842. The third kappa shape index (κ3) is 4.42. The first-order valence-corrected chi connectivity index (χ1v) is 9.91. The standard InChI is InChI=1S/C18H20FN3O4S/c1-26-17-7-4-15(12-20-17)21-18(23)13-8-10-22(11-9-13)27(24,25)16-5-2-14(19)3-6-16/h2-7,12-13H,8-11H2,1H3,(H,21,23). The Morgan fingerprint density at radius 3 is 2.41 bits per heavy atom. The molecule has 1 aromatic heterocycles. The number of hydrogen-bond donors (Lipinski definition) is 1.